The van der Waals surface area contributed by atoms with E-state index in [1.807, 2.05) is 4.90 Å². The monoisotopic (exact) mass is 502 g/mol. The first kappa shape index (κ1) is 23.7. The van der Waals surface area contributed by atoms with Crippen LogP contribution in [0.5, 0.6) is 0 Å². The highest BCUT2D eigenvalue weighted by molar-refractivity contribution is 8.18. The molecule has 176 valence electrons. The number of nitrogens with zero attached hydrogens (tertiary/aromatic N) is 3. The number of hydrogen-bond donors (Lipinski definition) is 1. The highest BCUT2D eigenvalue weighted by Gasteiger charge is 2.36. The van der Waals surface area contributed by atoms with Gasteiger partial charge in [0.15, 0.2) is 0 Å². The molecule has 0 aliphatic carbocycles. The molecule has 0 aromatic heterocycles. The Morgan fingerprint density at radius 3 is 2.68 bits per heavy atom. The van der Waals surface area contributed by atoms with E-state index in [1.54, 1.807) is 36.4 Å². The molecule has 0 spiro atoms. The number of morpholine rings is 1. The molecule has 0 unspecified atom stereocenters. The zero-order valence-electron chi connectivity index (χ0n) is 17.7. The molecule has 1 N–H and O–H groups in total. The van der Waals surface area contributed by atoms with E-state index in [4.69, 9.17) is 16.3 Å². The van der Waals surface area contributed by atoms with Crippen LogP contribution >= 0.6 is 23.4 Å². The predicted molar refractivity (Wildman–Crippen MR) is 129 cm³/mol. The van der Waals surface area contributed by atoms with Crippen molar-refractivity contribution in [1.82, 2.24) is 4.90 Å². The van der Waals surface area contributed by atoms with Crippen LogP contribution in [0.3, 0.4) is 0 Å². The number of anilines is 2. The van der Waals surface area contributed by atoms with Gasteiger partial charge in [0.05, 0.1) is 23.0 Å². The zero-order valence-corrected chi connectivity index (χ0v) is 19.3. The average molecular weight is 503 g/mol. The van der Waals surface area contributed by atoms with E-state index in [0.29, 0.717) is 60.0 Å². The summed E-state index contributed by atoms with van der Waals surface area (Å²) in [5.74, 6) is -1.20. The minimum atomic E-state index is -0.642. The quantitative estimate of drug-likeness (QED) is 0.360. The summed E-state index contributed by atoms with van der Waals surface area (Å²) < 4.78 is 5.30. The van der Waals surface area contributed by atoms with Crippen LogP contribution < -0.4 is 10.2 Å². The van der Waals surface area contributed by atoms with Gasteiger partial charge in [-0.25, -0.2) is 0 Å². The summed E-state index contributed by atoms with van der Waals surface area (Å²) in [6.07, 6.45) is 1.41. The lowest BCUT2D eigenvalue weighted by molar-refractivity contribution is -0.384. The number of amides is 3. The van der Waals surface area contributed by atoms with Crippen LogP contribution in [-0.4, -0.2) is 59.7 Å². The van der Waals surface area contributed by atoms with Crippen molar-refractivity contribution in [2.45, 2.75) is 0 Å². The van der Waals surface area contributed by atoms with Crippen LogP contribution in [0.15, 0.2) is 47.4 Å². The fourth-order valence-electron chi connectivity index (χ4n) is 3.55. The maximum atomic E-state index is 12.8. The van der Waals surface area contributed by atoms with Gasteiger partial charge >= 0.3 is 0 Å². The summed E-state index contributed by atoms with van der Waals surface area (Å²) in [6.45, 7) is 1.57. The lowest BCUT2D eigenvalue weighted by atomic mass is 10.1. The van der Waals surface area contributed by atoms with E-state index in [-0.39, 0.29) is 10.6 Å². The lowest BCUT2D eigenvalue weighted by Gasteiger charge is -2.28. The Kier molecular flexibility index (Phi) is 7.15. The lowest BCUT2D eigenvalue weighted by Crippen LogP contribution is -2.36. The first-order valence-electron chi connectivity index (χ1n) is 10.2. The molecule has 10 nitrogen and oxygen atoms in total. The molecule has 12 heteroatoms. The number of thioether (sulfide) groups is 1. The Hall–Kier alpha value is -3.41. The summed E-state index contributed by atoms with van der Waals surface area (Å²) in [5, 5.41) is 14.1. The van der Waals surface area contributed by atoms with Crippen LogP contribution in [0.25, 0.3) is 6.08 Å². The summed E-state index contributed by atoms with van der Waals surface area (Å²) in [5.41, 5.74) is 1.21. The molecular weight excluding hydrogens is 484 g/mol. The smallest absolute Gasteiger partial charge is 0.294 e. The number of carbonyl (C=O) groups excluding carboxylic acids is 3. The molecule has 2 saturated heterocycles. The number of ether oxygens (including phenoxy) is 1. The molecule has 4 rings (SSSR count). The maximum Gasteiger partial charge on any atom is 0.294 e. The normalized spacial score (nSPS) is 17.4. The first-order valence-corrected chi connectivity index (χ1v) is 11.4. The molecule has 0 bridgehead atoms. The number of rotatable bonds is 6. The van der Waals surface area contributed by atoms with Gasteiger partial charge in [-0.1, -0.05) is 23.7 Å². The molecule has 34 heavy (non-hydrogen) atoms. The fourth-order valence-corrected chi connectivity index (χ4v) is 4.57. The molecule has 2 aromatic carbocycles. The number of imide groups is 1. The second-order valence-electron chi connectivity index (χ2n) is 7.43. The summed E-state index contributed by atoms with van der Waals surface area (Å²) in [7, 11) is 0. The Labute approximate surface area is 203 Å². The third-order valence-electron chi connectivity index (χ3n) is 5.13. The minimum absolute atomic E-state index is 0.0778. The van der Waals surface area contributed by atoms with Crippen molar-refractivity contribution in [3.63, 3.8) is 0 Å². The van der Waals surface area contributed by atoms with Crippen molar-refractivity contribution < 1.29 is 24.0 Å². The standard InChI is InChI=1S/C22H19ClN4O6S/c23-15-2-1-3-16(12-15)24-20(28)13-26-21(29)19(34-22(26)30)11-14-4-5-17(18(10-14)27(31)32)25-6-8-33-9-7-25/h1-5,10-12H,6-9,13H2,(H,24,28)/b19-11-. The fraction of sp³-hybridized carbons (Fsp3) is 0.227. The topological polar surface area (TPSA) is 122 Å². The minimum Gasteiger partial charge on any atom is -0.378 e. The Morgan fingerprint density at radius 1 is 1.21 bits per heavy atom. The average Bonchev–Trinajstić information content (AvgIpc) is 3.06. The second kappa shape index (κ2) is 10.2. The van der Waals surface area contributed by atoms with Gasteiger partial charge in [0, 0.05) is 29.9 Å². The summed E-state index contributed by atoms with van der Waals surface area (Å²) in [6, 6.07) is 11.1. The first-order chi connectivity index (χ1) is 16.3. The molecule has 2 heterocycles. The van der Waals surface area contributed by atoms with Gasteiger partial charge in [0.1, 0.15) is 12.2 Å². The van der Waals surface area contributed by atoms with Crippen LogP contribution in [0.4, 0.5) is 21.9 Å². The van der Waals surface area contributed by atoms with Crippen LogP contribution in [0.1, 0.15) is 5.56 Å². The van der Waals surface area contributed by atoms with E-state index in [0.717, 1.165) is 4.90 Å². The molecule has 2 aliphatic rings. The van der Waals surface area contributed by atoms with Crippen molar-refractivity contribution in [2.24, 2.45) is 0 Å². The number of nitro groups is 1. The second-order valence-corrected chi connectivity index (χ2v) is 8.86. The molecule has 2 fully saturated rings. The number of halogens is 1. The molecule has 0 saturated carbocycles. The highest BCUT2D eigenvalue weighted by atomic mass is 35.5. The Balaban J connectivity index is 1.49. The van der Waals surface area contributed by atoms with Gasteiger partial charge < -0.3 is 15.0 Å². The number of carbonyl (C=O) groups is 3. The van der Waals surface area contributed by atoms with Crippen molar-refractivity contribution >= 4 is 63.6 Å². The van der Waals surface area contributed by atoms with E-state index in [9.17, 15) is 24.5 Å². The van der Waals surface area contributed by atoms with E-state index >= 15 is 0 Å². The van der Waals surface area contributed by atoms with Gasteiger partial charge in [0.25, 0.3) is 16.8 Å². The number of nitrogens with one attached hydrogen (secondary N) is 1. The molecule has 3 amide bonds. The van der Waals surface area contributed by atoms with Crippen molar-refractivity contribution in [3.8, 4) is 0 Å². The zero-order chi connectivity index (χ0) is 24.2. The third kappa shape index (κ3) is 5.38. The molecule has 0 radical (unpaired) electrons. The summed E-state index contributed by atoms with van der Waals surface area (Å²) in [4.78, 5) is 51.4. The maximum absolute atomic E-state index is 12.8. The summed E-state index contributed by atoms with van der Waals surface area (Å²) >= 11 is 6.57. The van der Waals surface area contributed by atoms with Gasteiger partial charge in [-0.2, -0.15) is 0 Å². The predicted octanol–water partition coefficient (Wildman–Crippen LogP) is 3.76. The van der Waals surface area contributed by atoms with E-state index < -0.39 is 28.5 Å². The van der Waals surface area contributed by atoms with Gasteiger partial charge in [-0.3, -0.25) is 29.4 Å². The Bertz CT molecular complexity index is 1200. The molecule has 0 atom stereocenters. The van der Waals surface area contributed by atoms with Crippen molar-refractivity contribution in [2.75, 3.05) is 43.1 Å². The molecule has 2 aliphatic heterocycles. The SMILES string of the molecule is O=C(CN1C(=O)S/C(=C\c2ccc(N3CCOCC3)c([N+](=O)[O-])c2)C1=O)Nc1cccc(Cl)c1. The third-order valence-corrected chi connectivity index (χ3v) is 6.27. The van der Waals surface area contributed by atoms with Gasteiger partial charge in [-0.05, 0) is 47.7 Å². The molecular formula is C22H19ClN4O6S. The van der Waals surface area contributed by atoms with E-state index in [2.05, 4.69) is 5.32 Å². The van der Waals surface area contributed by atoms with Gasteiger partial charge in [-0.15, -0.1) is 0 Å². The van der Waals surface area contributed by atoms with Crippen molar-refractivity contribution in [1.29, 1.82) is 0 Å². The number of benzene rings is 2. The number of hydrogen-bond acceptors (Lipinski definition) is 8. The van der Waals surface area contributed by atoms with Gasteiger partial charge in [0.2, 0.25) is 5.91 Å². The van der Waals surface area contributed by atoms with Crippen LogP contribution in [0.2, 0.25) is 5.02 Å². The van der Waals surface area contributed by atoms with Crippen LogP contribution in [-0.2, 0) is 14.3 Å². The number of nitro benzene ring substituents is 1. The Morgan fingerprint density at radius 2 is 1.97 bits per heavy atom. The highest BCUT2D eigenvalue weighted by Crippen LogP contribution is 2.35. The van der Waals surface area contributed by atoms with Crippen LogP contribution in [0, 0.1) is 10.1 Å². The molecule has 2 aromatic rings. The van der Waals surface area contributed by atoms with E-state index in [1.165, 1.54) is 12.1 Å². The largest absolute Gasteiger partial charge is 0.378 e. The van der Waals surface area contributed by atoms with Crippen molar-refractivity contribution in [3.05, 3.63) is 68.1 Å².